The largest absolute Gasteiger partial charge is 0.462 e. The fourth-order valence-electron chi connectivity index (χ4n) is 6.12. The highest BCUT2D eigenvalue weighted by atomic mass is 32.2. The van der Waals surface area contributed by atoms with E-state index >= 15 is 0 Å². The van der Waals surface area contributed by atoms with Crippen molar-refractivity contribution in [1.82, 2.24) is 0 Å². The van der Waals surface area contributed by atoms with Crippen LogP contribution in [0.15, 0.2) is 72.9 Å². The zero-order valence-corrected chi connectivity index (χ0v) is 36.6. The van der Waals surface area contributed by atoms with E-state index in [1.165, 1.54) is 32.1 Å². The number of hydrogen-bond donors (Lipinski definition) is 4. The number of aliphatic hydroxyl groups is 3. The van der Waals surface area contributed by atoms with Crippen LogP contribution >= 0.6 is 0 Å². The summed E-state index contributed by atoms with van der Waals surface area (Å²) in [7, 11) is -4.61. The highest BCUT2D eigenvalue weighted by molar-refractivity contribution is 7.85. The van der Waals surface area contributed by atoms with Gasteiger partial charge in [0.1, 0.15) is 36.8 Å². The highest BCUT2D eigenvalue weighted by Crippen LogP contribution is 2.24. The van der Waals surface area contributed by atoms with Crippen LogP contribution in [0.4, 0.5) is 0 Å². The molecule has 0 aliphatic carbocycles. The Bertz CT molecular complexity index is 1370. The lowest BCUT2D eigenvalue weighted by Gasteiger charge is -2.40. The summed E-state index contributed by atoms with van der Waals surface area (Å²) in [6, 6.07) is 0. The van der Waals surface area contributed by atoms with Gasteiger partial charge in [0.2, 0.25) is 0 Å². The predicted molar refractivity (Wildman–Crippen MR) is 233 cm³/mol. The summed E-state index contributed by atoms with van der Waals surface area (Å²) in [6.07, 6.45) is 35.2. The van der Waals surface area contributed by atoms with Crippen LogP contribution in [0, 0.1) is 0 Å². The molecule has 0 amide bonds. The van der Waals surface area contributed by atoms with Gasteiger partial charge in [0.25, 0.3) is 10.1 Å². The first-order valence-corrected chi connectivity index (χ1v) is 23.6. The van der Waals surface area contributed by atoms with Gasteiger partial charge in [-0.15, -0.1) is 0 Å². The standard InChI is InChI=1S/C46H76O12S/c1-3-5-7-9-11-13-15-17-19-20-21-23-24-26-28-30-32-34-41(47)55-36-39(37-56-46-45(51)44(50)43(49)40(58-46)38-59(52,53)54)57-42(48)35-33-31-29-27-25-22-18-16-14-12-10-8-6-4-2/h5,7,11,13,16-19,21,23,26,28,39-40,43-46,49-51H,3-4,6,8-10,12,14-15,20,22,24-25,27,29-38H2,1-2H3,(H,52,53,54)/b7-5+,13-11+,18-16+,19-17+,23-21+,28-26+/t39-,40-,43-,44?,45?,46+/m1/s1. The molecular formula is C46H76O12S. The molecule has 1 fully saturated rings. The van der Waals surface area contributed by atoms with E-state index in [4.69, 9.17) is 18.9 Å². The molecule has 1 aliphatic rings. The molecule has 12 nitrogen and oxygen atoms in total. The van der Waals surface area contributed by atoms with Crippen molar-refractivity contribution >= 4 is 22.1 Å². The number of ether oxygens (including phenoxy) is 4. The molecule has 1 saturated heterocycles. The van der Waals surface area contributed by atoms with Crippen LogP contribution in [0.3, 0.4) is 0 Å². The van der Waals surface area contributed by atoms with Crippen LogP contribution < -0.4 is 0 Å². The van der Waals surface area contributed by atoms with Crippen LogP contribution in [0.25, 0.3) is 0 Å². The van der Waals surface area contributed by atoms with Gasteiger partial charge < -0.3 is 34.3 Å². The fourth-order valence-corrected chi connectivity index (χ4v) is 6.81. The van der Waals surface area contributed by atoms with E-state index in [1.807, 2.05) is 12.2 Å². The number of carbonyl (C=O) groups is 2. The lowest BCUT2D eigenvalue weighted by Crippen LogP contribution is -2.60. The van der Waals surface area contributed by atoms with Crippen LogP contribution in [0.5, 0.6) is 0 Å². The maximum atomic E-state index is 12.8. The third-order valence-corrected chi connectivity index (χ3v) is 10.3. The minimum absolute atomic E-state index is 0.135. The molecule has 0 aromatic rings. The van der Waals surface area contributed by atoms with Crippen LogP contribution in [0.2, 0.25) is 0 Å². The summed E-state index contributed by atoms with van der Waals surface area (Å²) in [5, 5.41) is 30.8. The van der Waals surface area contributed by atoms with Crippen molar-refractivity contribution in [1.29, 1.82) is 0 Å². The SMILES string of the molecule is CC/C=C/C/C=C/C/C=C/C/C=C/C/C=C/CCCC(=O)OC[C@H](CO[C@H]1O[C@H](CS(=O)(=O)O)[C@@H](O)C(O)C1O)OC(=O)CCCCCCC/C=C/CCCCCCC. The number of rotatable bonds is 35. The molecule has 0 spiro atoms. The van der Waals surface area contributed by atoms with E-state index in [1.54, 1.807) is 0 Å². The Morgan fingerprint density at radius 3 is 1.66 bits per heavy atom. The van der Waals surface area contributed by atoms with Gasteiger partial charge in [-0.05, 0) is 77.0 Å². The molecule has 59 heavy (non-hydrogen) atoms. The van der Waals surface area contributed by atoms with Crippen molar-refractivity contribution in [2.24, 2.45) is 0 Å². The summed E-state index contributed by atoms with van der Waals surface area (Å²) in [6.45, 7) is 3.56. The van der Waals surface area contributed by atoms with Crippen molar-refractivity contribution in [3.8, 4) is 0 Å². The third-order valence-electron chi connectivity index (χ3n) is 9.52. The number of hydrogen-bond acceptors (Lipinski definition) is 11. The van der Waals surface area contributed by atoms with Crippen LogP contribution in [-0.2, 0) is 38.7 Å². The van der Waals surface area contributed by atoms with Crippen molar-refractivity contribution in [2.75, 3.05) is 19.0 Å². The van der Waals surface area contributed by atoms with E-state index in [2.05, 4.69) is 74.6 Å². The van der Waals surface area contributed by atoms with Gasteiger partial charge in [0.15, 0.2) is 12.4 Å². The first-order valence-electron chi connectivity index (χ1n) is 22.0. The Kier molecular flexibility index (Phi) is 32.8. The molecule has 4 N–H and O–H groups in total. The summed E-state index contributed by atoms with van der Waals surface area (Å²) >= 11 is 0. The normalized spacial score (nSPS) is 20.9. The molecule has 0 radical (unpaired) electrons. The smallest absolute Gasteiger partial charge is 0.306 e. The molecule has 0 bridgehead atoms. The predicted octanol–water partition coefficient (Wildman–Crippen LogP) is 8.72. The van der Waals surface area contributed by atoms with Gasteiger partial charge in [-0.1, -0.05) is 132 Å². The zero-order chi connectivity index (χ0) is 43.4. The summed E-state index contributed by atoms with van der Waals surface area (Å²) in [5.41, 5.74) is 0. The summed E-state index contributed by atoms with van der Waals surface area (Å²) in [4.78, 5) is 25.3. The topological polar surface area (TPSA) is 186 Å². The van der Waals surface area contributed by atoms with Gasteiger partial charge in [-0.25, -0.2) is 0 Å². The Morgan fingerprint density at radius 1 is 0.593 bits per heavy atom. The molecule has 0 saturated carbocycles. The number of allylic oxidation sites excluding steroid dienone is 12. The molecule has 6 atom stereocenters. The van der Waals surface area contributed by atoms with Gasteiger partial charge >= 0.3 is 11.9 Å². The number of esters is 2. The van der Waals surface area contributed by atoms with E-state index in [9.17, 15) is 37.9 Å². The Hall–Kier alpha value is -2.91. The summed E-state index contributed by atoms with van der Waals surface area (Å²) in [5.74, 6) is -2.08. The van der Waals surface area contributed by atoms with Crippen LogP contribution in [-0.4, -0.2) is 96.0 Å². The average molecular weight is 853 g/mol. The molecule has 1 aliphatic heterocycles. The molecule has 1 heterocycles. The first kappa shape index (κ1) is 54.1. The molecular weight excluding hydrogens is 777 g/mol. The van der Waals surface area contributed by atoms with Gasteiger partial charge in [0, 0.05) is 12.8 Å². The summed E-state index contributed by atoms with van der Waals surface area (Å²) < 4.78 is 53.9. The molecule has 0 aromatic heterocycles. The first-order chi connectivity index (χ1) is 28.5. The lowest BCUT2D eigenvalue weighted by atomic mass is 10.00. The van der Waals surface area contributed by atoms with Gasteiger partial charge in [-0.2, -0.15) is 8.42 Å². The second-order valence-corrected chi connectivity index (χ2v) is 16.5. The fraction of sp³-hybridized carbons (Fsp3) is 0.696. The van der Waals surface area contributed by atoms with Crippen molar-refractivity contribution in [3.05, 3.63) is 72.9 Å². The number of unbranched alkanes of at least 4 members (excludes halogenated alkanes) is 11. The Balaban J connectivity index is 2.52. The van der Waals surface area contributed by atoms with E-state index in [0.717, 1.165) is 70.6 Å². The second kappa shape index (κ2) is 35.8. The minimum Gasteiger partial charge on any atom is -0.462 e. The Labute approximate surface area is 355 Å². The molecule has 13 heteroatoms. The zero-order valence-electron chi connectivity index (χ0n) is 35.8. The van der Waals surface area contributed by atoms with Crippen molar-refractivity contribution < 1.29 is 56.8 Å². The monoisotopic (exact) mass is 853 g/mol. The van der Waals surface area contributed by atoms with Gasteiger partial charge in [-0.3, -0.25) is 14.1 Å². The maximum Gasteiger partial charge on any atom is 0.306 e. The lowest BCUT2D eigenvalue weighted by molar-refractivity contribution is -0.297. The highest BCUT2D eigenvalue weighted by Gasteiger charge is 2.46. The average Bonchev–Trinajstić information content (AvgIpc) is 3.20. The van der Waals surface area contributed by atoms with Gasteiger partial charge in [0.05, 0.1) is 6.61 Å². The van der Waals surface area contributed by atoms with E-state index in [-0.39, 0.29) is 19.4 Å². The van der Waals surface area contributed by atoms with E-state index in [0.29, 0.717) is 19.3 Å². The maximum absolute atomic E-state index is 12.8. The third kappa shape index (κ3) is 30.7. The van der Waals surface area contributed by atoms with E-state index < -0.39 is 71.2 Å². The van der Waals surface area contributed by atoms with Crippen molar-refractivity contribution in [2.45, 2.75) is 185 Å². The molecule has 1 rings (SSSR count). The molecule has 0 aromatic carbocycles. The molecule has 2 unspecified atom stereocenters. The second-order valence-electron chi connectivity index (χ2n) is 15.0. The number of aliphatic hydroxyl groups excluding tert-OH is 3. The van der Waals surface area contributed by atoms with Crippen molar-refractivity contribution in [3.63, 3.8) is 0 Å². The minimum atomic E-state index is -4.61. The molecule has 338 valence electrons. The number of carbonyl (C=O) groups excluding carboxylic acids is 2. The quantitative estimate of drug-likeness (QED) is 0.0206. The van der Waals surface area contributed by atoms with Crippen LogP contribution in [0.1, 0.15) is 149 Å². The Morgan fingerprint density at radius 2 is 1.08 bits per heavy atom.